The average molecular weight is 455 g/mol. The van der Waals surface area contributed by atoms with Crippen molar-refractivity contribution in [1.29, 1.82) is 0 Å². The number of carbonyl (C=O) groups excluding carboxylic acids is 1. The van der Waals surface area contributed by atoms with Crippen molar-refractivity contribution in [2.45, 2.75) is 44.4 Å². The number of pyridine rings is 1. The standard InChI is InChI=1S/C24H26N2O5S/c1-3-4-5-9-18-14-20(27)21(17-10-6-8-16(2)13-17)23(28)22(18)24(29)26-32(30,31)19-11-7-12-25-15-19/h6-8,10-15,27-28H,3-5,9H2,1-2H3,(H,26,29). The normalized spacial score (nSPS) is 11.3. The number of amides is 1. The van der Waals surface area contributed by atoms with E-state index in [4.69, 9.17) is 0 Å². The number of phenols is 2. The van der Waals surface area contributed by atoms with Crippen molar-refractivity contribution in [3.63, 3.8) is 0 Å². The number of rotatable bonds is 8. The molecular formula is C24H26N2O5S. The Morgan fingerprint density at radius 2 is 1.88 bits per heavy atom. The molecule has 0 aliphatic carbocycles. The third kappa shape index (κ3) is 5.08. The van der Waals surface area contributed by atoms with Crippen molar-refractivity contribution < 1.29 is 23.4 Å². The minimum Gasteiger partial charge on any atom is -0.507 e. The van der Waals surface area contributed by atoms with Gasteiger partial charge >= 0.3 is 0 Å². The van der Waals surface area contributed by atoms with Crippen LogP contribution < -0.4 is 4.72 Å². The van der Waals surface area contributed by atoms with Gasteiger partial charge in [0, 0.05) is 12.4 Å². The van der Waals surface area contributed by atoms with Gasteiger partial charge in [0.05, 0.1) is 11.1 Å². The van der Waals surface area contributed by atoms with E-state index in [-0.39, 0.29) is 21.8 Å². The maximum absolute atomic E-state index is 13.1. The Hall–Kier alpha value is -3.39. The number of aryl methyl sites for hydroxylation is 2. The van der Waals surface area contributed by atoms with Crippen LogP contribution in [0.4, 0.5) is 0 Å². The monoisotopic (exact) mass is 454 g/mol. The highest BCUT2D eigenvalue weighted by Crippen LogP contribution is 2.42. The van der Waals surface area contributed by atoms with E-state index in [2.05, 4.69) is 4.98 Å². The number of unbranched alkanes of at least 4 members (excludes halogenated alkanes) is 2. The third-order valence-electron chi connectivity index (χ3n) is 5.12. The van der Waals surface area contributed by atoms with Gasteiger partial charge < -0.3 is 10.2 Å². The van der Waals surface area contributed by atoms with Crippen LogP contribution in [-0.2, 0) is 16.4 Å². The molecule has 0 aliphatic heterocycles. The van der Waals surface area contributed by atoms with E-state index in [1.165, 1.54) is 24.4 Å². The van der Waals surface area contributed by atoms with Gasteiger partial charge in [-0.2, -0.15) is 0 Å². The number of aromatic hydroxyl groups is 2. The van der Waals surface area contributed by atoms with E-state index in [0.717, 1.165) is 31.0 Å². The molecule has 3 N–H and O–H groups in total. The van der Waals surface area contributed by atoms with E-state index in [1.54, 1.807) is 18.2 Å². The summed E-state index contributed by atoms with van der Waals surface area (Å²) in [5.74, 6) is -1.60. The predicted molar refractivity (Wildman–Crippen MR) is 122 cm³/mol. The first kappa shape index (κ1) is 23.3. The zero-order chi connectivity index (χ0) is 23.3. The molecule has 8 heteroatoms. The smallest absolute Gasteiger partial charge is 0.269 e. The lowest BCUT2D eigenvalue weighted by Gasteiger charge is -2.17. The van der Waals surface area contributed by atoms with Crippen molar-refractivity contribution in [3.05, 3.63) is 71.5 Å². The highest BCUT2D eigenvalue weighted by atomic mass is 32.2. The fourth-order valence-corrected chi connectivity index (χ4v) is 4.47. The second kappa shape index (κ2) is 9.82. The number of hydrogen-bond donors (Lipinski definition) is 3. The molecular weight excluding hydrogens is 428 g/mol. The zero-order valence-corrected chi connectivity index (χ0v) is 18.8. The van der Waals surface area contributed by atoms with Crippen LogP contribution in [0.25, 0.3) is 11.1 Å². The van der Waals surface area contributed by atoms with Crippen LogP contribution in [0.2, 0.25) is 0 Å². The Morgan fingerprint density at radius 1 is 1.09 bits per heavy atom. The summed E-state index contributed by atoms with van der Waals surface area (Å²) in [4.78, 5) is 16.7. The van der Waals surface area contributed by atoms with Crippen LogP contribution in [0.5, 0.6) is 11.5 Å². The molecule has 0 aliphatic rings. The SMILES string of the molecule is CCCCCc1cc(O)c(-c2cccc(C)c2)c(O)c1C(=O)NS(=O)(=O)c1cccnc1. The van der Waals surface area contributed by atoms with Crippen LogP contribution in [0.3, 0.4) is 0 Å². The molecule has 0 fully saturated rings. The molecule has 168 valence electrons. The van der Waals surface area contributed by atoms with Crippen molar-refractivity contribution in [1.82, 2.24) is 9.71 Å². The molecule has 0 atom stereocenters. The molecule has 0 saturated heterocycles. The lowest BCUT2D eigenvalue weighted by atomic mass is 9.92. The van der Waals surface area contributed by atoms with Gasteiger partial charge in [-0.05, 0) is 49.1 Å². The molecule has 0 unspecified atom stereocenters. The lowest BCUT2D eigenvalue weighted by Crippen LogP contribution is -2.31. The first-order valence-electron chi connectivity index (χ1n) is 10.4. The van der Waals surface area contributed by atoms with E-state index in [0.29, 0.717) is 17.5 Å². The summed E-state index contributed by atoms with van der Waals surface area (Å²) >= 11 is 0. The fraction of sp³-hybridized carbons (Fsp3) is 0.250. The molecule has 0 saturated carbocycles. The van der Waals surface area contributed by atoms with Gasteiger partial charge in [-0.25, -0.2) is 13.1 Å². The van der Waals surface area contributed by atoms with Crippen molar-refractivity contribution in [2.24, 2.45) is 0 Å². The first-order chi connectivity index (χ1) is 15.2. The molecule has 2 aromatic carbocycles. The number of sulfonamides is 1. The van der Waals surface area contributed by atoms with Gasteiger partial charge in [0.2, 0.25) is 0 Å². The number of carbonyl (C=O) groups is 1. The maximum Gasteiger partial charge on any atom is 0.269 e. The molecule has 3 aromatic rings. The summed E-state index contributed by atoms with van der Waals surface area (Å²) < 4.78 is 27.3. The summed E-state index contributed by atoms with van der Waals surface area (Å²) in [6.07, 6.45) is 5.50. The summed E-state index contributed by atoms with van der Waals surface area (Å²) in [6.45, 7) is 3.90. The second-order valence-electron chi connectivity index (χ2n) is 7.60. The van der Waals surface area contributed by atoms with Gasteiger partial charge in [0.25, 0.3) is 15.9 Å². The van der Waals surface area contributed by atoms with Crippen LogP contribution in [-0.4, -0.2) is 29.5 Å². The van der Waals surface area contributed by atoms with E-state index in [1.807, 2.05) is 24.6 Å². The van der Waals surface area contributed by atoms with Gasteiger partial charge in [0.15, 0.2) is 0 Å². The fourth-order valence-electron chi connectivity index (χ4n) is 3.55. The maximum atomic E-state index is 13.1. The Bertz CT molecular complexity index is 1220. The summed E-state index contributed by atoms with van der Waals surface area (Å²) in [6, 6.07) is 11.3. The Balaban J connectivity index is 2.10. The summed E-state index contributed by atoms with van der Waals surface area (Å²) in [7, 11) is -4.20. The third-order valence-corrected chi connectivity index (χ3v) is 6.43. The Labute approximate surface area is 187 Å². The number of benzene rings is 2. The number of aromatic nitrogens is 1. The average Bonchev–Trinajstić information content (AvgIpc) is 2.74. The van der Waals surface area contributed by atoms with Gasteiger partial charge in [-0.15, -0.1) is 0 Å². The number of nitrogens with one attached hydrogen (secondary N) is 1. The highest BCUT2D eigenvalue weighted by Gasteiger charge is 2.27. The summed E-state index contributed by atoms with van der Waals surface area (Å²) in [5.41, 5.74) is 1.71. The van der Waals surface area contributed by atoms with E-state index >= 15 is 0 Å². The molecule has 3 rings (SSSR count). The topological polar surface area (TPSA) is 117 Å². The molecule has 1 aromatic heterocycles. The predicted octanol–water partition coefficient (Wildman–Crippen LogP) is 4.32. The molecule has 0 spiro atoms. The number of nitrogens with zero attached hydrogens (tertiary/aromatic N) is 1. The quantitative estimate of drug-likeness (QED) is 0.437. The number of hydrogen-bond acceptors (Lipinski definition) is 6. The van der Waals surface area contributed by atoms with Crippen molar-refractivity contribution in [3.8, 4) is 22.6 Å². The first-order valence-corrected chi connectivity index (χ1v) is 11.8. The molecule has 1 amide bonds. The molecule has 7 nitrogen and oxygen atoms in total. The lowest BCUT2D eigenvalue weighted by molar-refractivity contribution is 0.0978. The van der Waals surface area contributed by atoms with E-state index < -0.39 is 21.7 Å². The largest absolute Gasteiger partial charge is 0.507 e. The summed E-state index contributed by atoms with van der Waals surface area (Å²) in [5, 5.41) is 21.7. The molecule has 1 heterocycles. The van der Waals surface area contributed by atoms with Crippen LogP contribution in [0.1, 0.15) is 47.7 Å². The Kier molecular flexibility index (Phi) is 7.15. The molecule has 0 bridgehead atoms. The Morgan fingerprint density at radius 3 is 2.53 bits per heavy atom. The minimum absolute atomic E-state index is 0.0804. The zero-order valence-electron chi connectivity index (χ0n) is 18.0. The van der Waals surface area contributed by atoms with Crippen LogP contribution >= 0.6 is 0 Å². The minimum atomic E-state index is -4.20. The van der Waals surface area contributed by atoms with E-state index in [9.17, 15) is 23.4 Å². The highest BCUT2D eigenvalue weighted by molar-refractivity contribution is 7.90. The van der Waals surface area contributed by atoms with Crippen LogP contribution in [0, 0.1) is 6.92 Å². The van der Waals surface area contributed by atoms with Gasteiger partial charge in [-0.3, -0.25) is 9.78 Å². The van der Waals surface area contributed by atoms with Gasteiger partial charge in [-0.1, -0.05) is 49.6 Å². The number of phenolic OH excluding ortho intramolecular Hbond substituents is 2. The van der Waals surface area contributed by atoms with Crippen LogP contribution in [0.15, 0.2) is 59.8 Å². The van der Waals surface area contributed by atoms with Crippen molar-refractivity contribution in [2.75, 3.05) is 0 Å². The van der Waals surface area contributed by atoms with Crippen molar-refractivity contribution >= 4 is 15.9 Å². The molecule has 0 radical (unpaired) electrons. The van der Waals surface area contributed by atoms with Gasteiger partial charge in [0.1, 0.15) is 16.4 Å². The second-order valence-corrected chi connectivity index (χ2v) is 9.29. The molecule has 32 heavy (non-hydrogen) atoms.